The molecule has 2 N–H and O–H groups in total. The van der Waals surface area contributed by atoms with E-state index in [0.29, 0.717) is 31.1 Å². The lowest BCUT2D eigenvalue weighted by molar-refractivity contribution is -0.0152. The van der Waals surface area contributed by atoms with E-state index >= 15 is 0 Å². The van der Waals surface area contributed by atoms with Gasteiger partial charge in [0.1, 0.15) is 6.10 Å². The Bertz CT molecular complexity index is 573. The number of pyridine rings is 1. The first-order valence-electron chi connectivity index (χ1n) is 6.78. The van der Waals surface area contributed by atoms with Gasteiger partial charge in [-0.15, -0.1) is 0 Å². The zero-order chi connectivity index (χ0) is 14.5. The van der Waals surface area contributed by atoms with Gasteiger partial charge in [-0.3, -0.25) is 9.89 Å². The molecule has 7 heteroatoms. The standard InChI is InChI=1S/C14H16N4O3/c19-14(10-7-16-17-8-10)18-11-4-6-20-9-12(11)21-13-3-1-2-5-15-13/h1-3,5,7-8,11-12H,4,6,9H2,(H,16,17)(H,18,19)/t11-,12-/m0/s1. The molecule has 1 aliphatic heterocycles. The summed E-state index contributed by atoms with van der Waals surface area (Å²) in [5, 5.41) is 9.35. The van der Waals surface area contributed by atoms with E-state index in [9.17, 15) is 4.79 Å². The van der Waals surface area contributed by atoms with Crippen LogP contribution in [0.4, 0.5) is 0 Å². The smallest absolute Gasteiger partial charge is 0.254 e. The van der Waals surface area contributed by atoms with Crippen LogP contribution in [0.25, 0.3) is 0 Å². The average molecular weight is 288 g/mol. The van der Waals surface area contributed by atoms with Crippen molar-refractivity contribution >= 4 is 5.91 Å². The minimum atomic E-state index is -0.260. The molecule has 3 rings (SSSR count). The molecule has 1 saturated heterocycles. The Hall–Kier alpha value is -2.41. The fraction of sp³-hybridized carbons (Fsp3) is 0.357. The third-order valence-electron chi connectivity index (χ3n) is 3.29. The molecule has 7 nitrogen and oxygen atoms in total. The summed E-state index contributed by atoms with van der Waals surface area (Å²) in [6.45, 7) is 1.02. The van der Waals surface area contributed by atoms with Gasteiger partial charge in [0.2, 0.25) is 5.88 Å². The molecule has 2 atom stereocenters. The largest absolute Gasteiger partial charge is 0.470 e. The number of amides is 1. The van der Waals surface area contributed by atoms with Crippen molar-refractivity contribution in [3.8, 4) is 5.88 Å². The fourth-order valence-electron chi connectivity index (χ4n) is 2.19. The van der Waals surface area contributed by atoms with Crippen LogP contribution in [-0.4, -0.2) is 46.4 Å². The summed E-state index contributed by atoms with van der Waals surface area (Å²) >= 11 is 0. The van der Waals surface area contributed by atoms with Gasteiger partial charge in [0, 0.05) is 25.1 Å². The zero-order valence-electron chi connectivity index (χ0n) is 11.4. The number of rotatable bonds is 4. The Morgan fingerprint density at radius 3 is 3.19 bits per heavy atom. The molecule has 1 amide bonds. The molecule has 2 aromatic heterocycles. The Labute approximate surface area is 121 Å². The lowest BCUT2D eigenvalue weighted by Gasteiger charge is -2.31. The first kappa shape index (κ1) is 13.6. The lowest BCUT2D eigenvalue weighted by atomic mass is 10.1. The number of hydrogen-bond donors (Lipinski definition) is 2. The van der Waals surface area contributed by atoms with E-state index < -0.39 is 0 Å². The molecular weight excluding hydrogens is 272 g/mol. The Morgan fingerprint density at radius 1 is 1.48 bits per heavy atom. The highest BCUT2D eigenvalue weighted by Crippen LogP contribution is 2.15. The normalized spacial score (nSPS) is 21.7. The van der Waals surface area contributed by atoms with E-state index in [-0.39, 0.29) is 18.1 Å². The van der Waals surface area contributed by atoms with Crippen LogP contribution in [0.3, 0.4) is 0 Å². The third-order valence-corrected chi connectivity index (χ3v) is 3.29. The van der Waals surface area contributed by atoms with Crippen LogP contribution in [0.1, 0.15) is 16.8 Å². The van der Waals surface area contributed by atoms with Crippen molar-refractivity contribution in [2.24, 2.45) is 0 Å². The minimum Gasteiger partial charge on any atom is -0.470 e. The summed E-state index contributed by atoms with van der Waals surface area (Å²) in [6, 6.07) is 5.33. The van der Waals surface area contributed by atoms with Crippen molar-refractivity contribution < 1.29 is 14.3 Å². The van der Waals surface area contributed by atoms with Crippen LogP contribution in [0.5, 0.6) is 5.88 Å². The molecule has 3 heterocycles. The number of ether oxygens (including phenoxy) is 2. The number of aromatic amines is 1. The van der Waals surface area contributed by atoms with Gasteiger partial charge in [-0.25, -0.2) is 4.98 Å². The third kappa shape index (κ3) is 3.38. The molecule has 0 aliphatic carbocycles. The summed E-state index contributed by atoms with van der Waals surface area (Å²) in [5.74, 6) is 0.348. The molecule has 0 spiro atoms. The molecule has 0 bridgehead atoms. The maximum atomic E-state index is 12.1. The van der Waals surface area contributed by atoms with E-state index in [2.05, 4.69) is 20.5 Å². The number of aromatic nitrogens is 3. The minimum absolute atomic E-state index is 0.122. The van der Waals surface area contributed by atoms with Crippen LogP contribution in [0, 0.1) is 0 Å². The number of nitrogens with one attached hydrogen (secondary N) is 2. The Kier molecular flexibility index (Phi) is 4.11. The summed E-state index contributed by atoms with van der Waals surface area (Å²) in [5.41, 5.74) is 0.498. The SMILES string of the molecule is O=C(N[C@H]1CCOC[C@@H]1Oc1ccccn1)c1cn[nH]c1. The summed E-state index contributed by atoms with van der Waals surface area (Å²) in [6.07, 6.45) is 5.15. The van der Waals surface area contributed by atoms with Gasteiger partial charge in [-0.05, 0) is 12.5 Å². The van der Waals surface area contributed by atoms with Gasteiger partial charge in [-0.1, -0.05) is 6.07 Å². The Balaban J connectivity index is 1.65. The van der Waals surface area contributed by atoms with Gasteiger partial charge in [0.05, 0.1) is 24.4 Å². The highest BCUT2D eigenvalue weighted by atomic mass is 16.5. The van der Waals surface area contributed by atoms with Crippen molar-refractivity contribution in [3.63, 3.8) is 0 Å². The first-order valence-corrected chi connectivity index (χ1v) is 6.78. The number of nitrogens with zero attached hydrogens (tertiary/aromatic N) is 2. The second-order valence-electron chi connectivity index (χ2n) is 4.75. The highest BCUT2D eigenvalue weighted by molar-refractivity contribution is 5.93. The number of carbonyl (C=O) groups is 1. The predicted molar refractivity (Wildman–Crippen MR) is 73.9 cm³/mol. The van der Waals surface area contributed by atoms with E-state index in [0.717, 1.165) is 0 Å². The molecule has 0 radical (unpaired) electrons. The van der Waals surface area contributed by atoms with Gasteiger partial charge >= 0.3 is 0 Å². The van der Waals surface area contributed by atoms with Crippen LogP contribution >= 0.6 is 0 Å². The van der Waals surface area contributed by atoms with Gasteiger partial charge < -0.3 is 14.8 Å². The van der Waals surface area contributed by atoms with E-state index in [1.54, 1.807) is 18.5 Å². The quantitative estimate of drug-likeness (QED) is 0.867. The second kappa shape index (κ2) is 6.36. The van der Waals surface area contributed by atoms with Crippen molar-refractivity contribution in [1.29, 1.82) is 0 Å². The van der Waals surface area contributed by atoms with E-state index in [1.165, 1.54) is 6.20 Å². The van der Waals surface area contributed by atoms with Crippen molar-refractivity contribution in [2.75, 3.05) is 13.2 Å². The van der Waals surface area contributed by atoms with Crippen LogP contribution in [0.15, 0.2) is 36.8 Å². The topological polar surface area (TPSA) is 89.1 Å². The molecule has 0 saturated carbocycles. The Morgan fingerprint density at radius 2 is 2.43 bits per heavy atom. The fourth-order valence-corrected chi connectivity index (χ4v) is 2.19. The zero-order valence-corrected chi connectivity index (χ0v) is 11.4. The summed E-state index contributed by atoms with van der Waals surface area (Å²) in [4.78, 5) is 16.2. The molecule has 2 aromatic rings. The molecule has 0 aromatic carbocycles. The van der Waals surface area contributed by atoms with Crippen molar-refractivity contribution in [1.82, 2.24) is 20.5 Å². The van der Waals surface area contributed by atoms with Gasteiger partial charge in [0.15, 0.2) is 0 Å². The summed E-state index contributed by atoms with van der Waals surface area (Å²) in [7, 11) is 0. The molecule has 0 unspecified atom stereocenters. The molecule has 1 aliphatic rings. The number of H-pyrrole nitrogens is 1. The predicted octanol–water partition coefficient (Wildman–Crippen LogP) is 0.771. The van der Waals surface area contributed by atoms with Crippen LogP contribution < -0.4 is 10.1 Å². The van der Waals surface area contributed by atoms with Gasteiger partial charge in [0.25, 0.3) is 5.91 Å². The number of carbonyl (C=O) groups excluding carboxylic acids is 1. The van der Waals surface area contributed by atoms with Crippen molar-refractivity contribution in [3.05, 3.63) is 42.4 Å². The first-order chi connectivity index (χ1) is 10.3. The summed E-state index contributed by atoms with van der Waals surface area (Å²) < 4.78 is 11.2. The molecule has 1 fully saturated rings. The number of hydrogen-bond acceptors (Lipinski definition) is 5. The lowest BCUT2D eigenvalue weighted by Crippen LogP contribution is -2.51. The molecule has 110 valence electrons. The molecular formula is C14H16N4O3. The van der Waals surface area contributed by atoms with Gasteiger partial charge in [-0.2, -0.15) is 5.10 Å². The molecule has 21 heavy (non-hydrogen) atoms. The highest BCUT2D eigenvalue weighted by Gasteiger charge is 2.29. The maximum Gasteiger partial charge on any atom is 0.254 e. The maximum absolute atomic E-state index is 12.1. The van der Waals surface area contributed by atoms with E-state index in [4.69, 9.17) is 9.47 Å². The second-order valence-corrected chi connectivity index (χ2v) is 4.75. The monoisotopic (exact) mass is 288 g/mol. The van der Waals surface area contributed by atoms with Crippen molar-refractivity contribution in [2.45, 2.75) is 18.6 Å². The van der Waals surface area contributed by atoms with E-state index in [1.807, 2.05) is 12.1 Å². The van der Waals surface area contributed by atoms with Crippen LogP contribution in [-0.2, 0) is 4.74 Å². The van der Waals surface area contributed by atoms with Crippen LogP contribution in [0.2, 0.25) is 0 Å². The average Bonchev–Trinajstić information content (AvgIpc) is 3.05.